The fourth-order valence-corrected chi connectivity index (χ4v) is 0.0500. The Morgan fingerprint density at radius 1 is 1.33 bits per heavy atom. The highest BCUT2D eigenvalue weighted by atomic mass is 31.1. The summed E-state index contributed by atoms with van der Waals surface area (Å²) in [6, 6.07) is 0. The molecular formula is C6H16O5P+. The van der Waals surface area contributed by atoms with E-state index >= 15 is 0 Å². The van der Waals surface area contributed by atoms with E-state index in [-0.39, 0.29) is 18.6 Å². The molecule has 0 aromatic rings. The second-order valence-electron chi connectivity index (χ2n) is 2.90. The van der Waals surface area contributed by atoms with Gasteiger partial charge in [0.05, 0.1) is 20.3 Å². The molecule has 0 aliphatic rings. The van der Waals surface area contributed by atoms with Gasteiger partial charge >= 0.3 is 8.25 Å². The second-order valence-corrected chi connectivity index (χ2v) is 3.74. The van der Waals surface area contributed by atoms with Gasteiger partial charge in [-0.05, 0) is 0 Å². The van der Waals surface area contributed by atoms with E-state index in [0.29, 0.717) is 0 Å². The molecule has 3 N–H and O–H groups in total. The topological polar surface area (TPSA) is 87.0 Å². The molecule has 1 atom stereocenters. The lowest BCUT2D eigenvalue weighted by atomic mass is 9.97. The van der Waals surface area contributed by atoms with Crippen molar-refractivity contribution in [3.63, 3.8) is 0 Å². The van der Waals surface area contributed by atoms with Crippen LogP contribution < -0.4 is 0 Å². The number of hydrogen-bond acceptors (Lipinski definition) is 4. The molecule has 0 heterocycles. The van der Waals surface area contributed by atoms with Gasteiger partial charge in [-0.15, -0.1) is 9.42 Å². The second kappa shape index (κ2) is 7.58. The maximum atomic E-state index is 9.29. The zero-order chi connectivity index (χ0) is 10.2. The summed E-state index contributed by atoms with van der Waals surface area (Å²) in [4.78, 5) is 7.65. The van der Waals surface area contributed by atoms with E-state index < -0.39 is 8.25 Å². The van der Waals surface area contributed by atoms with Gasteiger partial charge in [-0.1, -0.05) is 13.8 Å². The summed E-state index contributed by atoms with van der Waals surface area (Å²) in [5, 5.41) is 16.9. The Morgan fingerprint density at radius 3 is 1.58 bits per heavy atom. The van der Waals surface area contributed by atoms with Crippen LogP contribution in [-0.2, 0) is 9.09 Å². The molecule has 0 aromatic carbocycles. The molecule has 5 nitrogen and oxygen atoms in total. The average Bonchev–Trinajstić information content (AvgIpc) is 2.05. The number of aliphatic hydroxyl groups is 2. The molecule has 0 bridgehead atoms. The van der Waals surface area contributed by atoms with Crippen molar-refractivity contribution in [3.05, 3.63) is 0 Å². The zero-order valence-corrected chi connectivity index (χ0v) is 8.41. The van der Waals surface area contributed by atoms with Crippen molar-refractivity contribution in [1.82, 2.24) is 0 Å². The lowest BCUT2D eigenvalue weighted by Gasteiger charge is -2.16. The molecule has 0 spiro atoms. The number of rotatable bonds is 3. The van der Waals surface area contributed by atoms with E-state index in [1.807, 2.05) is 0 Å². The van der Waals surface area contributed by atoms with Crippen molar-refractivity contribution < 1.29 is 24.2 Å². The largest absolute Gasteiger partial charge is 0.694 e. The third kappa shape index (κ3) is 12.6. The summed E-state index contributed by atoms with van der Waals surface area (Å²) in [6.45, 7) is 3.69. The van der Waals surface area contributed by atoms with Crippen LogP contribution in [0.15, 0.2) is 0 Å². The minimum absolute atomic E-state index is 0.0451. The lowest BCUT2D eigenvalue weighted by Crippen LogP contribution is -2.20. The van der Waals surface area contributed by atoms with Gasteiger partial charge in [0.25, 0.3) is 0 Å². The van der Waals surface area contributed by atoms with Gasteiger partial charge < -0.3 is 10.2 Å². The van der Waals surface area contributed by atoms with E-state index in [0.717, 1.165) is 0 Å². The Hall–Kier alpha value is -0.0600. The first-order valence-corrected chi connectivity index (χ1v) is 4.44. The summed E-state index contributed by atoms with van der Waals surface area (Å²) in [7, 11) is -1.18. The zero-order valence-electron chi connectivity index (χ0n) is 7.52. The van der Waals surface area contributed by atoms with Crippen LogP contribution in [0.5, 0.6) is 0 Å². The molecule has 0 amide bonds. The third-order valence-electron chi connectivity index (χ3n) is 1.01. The van der Waals surface area contributed by atoms with Gasteiger partial charge in [0.15, 0.2) is 0 Å². The summed E-state index contributed by atoms with van der Waals surface area (Å²) in [6.07, 6.45) is 0. The molecule has 1 unspecified atom stereocenters. The van der Waals surface area contributed by atoms with Crippen LogP contribution in [-0.4, -0.2) is 35.4 Å². The molecule has 0 rings (SSSR count). The highest BCUT2D eigenvalue weighted by Gasteiger charge is 2.13. The van der Waals surface area contributed by atoms with Crippen molar-refractivity contribution >= 4 is 8.25 Å². The van der Waals surface area contributed by atoms with Crippen LogP contribution in [0.1, 0.15) is 13.8 Å². The van der Waals surface area contributed by atoms with E-state index in [9.17, 15) is 4.57 Å². The SMILES string of the molecule is CC(C)(CO)CO.CO[P+](=O)O. The van der Waals surface area contributed by atoms with Crippen LogP contribution in [0.4, 0.5) is 0 Å². The van der Waals surface area contributed by atoms with Crippen LogP contribution in [0.2, 0.25) is 0 Å². The molecular weight excluding hydrogens is 183 g/mol. The fourth-order valence-electron chi connectivity index (χ4n) is 0.0500. The highest BCUT2D eigenvalue weighted by Crippen LogP contribution is 2.10. The maximum Gasteiger partial charge on any atom is 0.694 e. The van der Waals surface area contributed by atoms with Crippen LogP contribution in [0, 0.1) is 5.41 Å². The standard InChI is InChI=1S/C5H12O2.CH3O3P/c1-5(2,3-6)4-7;1-4-5(2)3/h6-7H,3-4H2,1-2H3;1H3/p+1. The summed E-state index contributed by atoms with van der Waals surface area (Å²) >= 11 is 0. The summed E-state index contributed by atoms with van der Waals surface area (Å²) < 4.78 is 13.1. The third-order valence-corrected chi connectivity index (χ3v) is 1.32. The monoisotopic (exact) mass is 199 g/mol. The quantitative estimate of drug-likeness (QED) is 0.568. The summed E-state index contributed by atoms with van der Waals surface area (Å²) in [5.41, 5.74) is -0.306. The van der Waals surface area contributed by atoms with E-state index in [4.69, 9.17) is 15.1 Å². The smallest absolute Gasteiger partial charge is 0.396 e. The van der Waals surface area contributed by atoms with Crippen LogP contribution >= 0.6 is 8.25 Å². The van der Waals surface area contributed by atoms with Gasteiger partial charge in [-0.25, -0.2) is 0 Å². The van der Waals surface area contributed by atoms with Crippen molar-refractivity contribution in [1.29, 1.82) is 0 Å². The Kier molecular flexibility index (Phi) is 9.14. The van der Waals surface area contributed by atoms with Gasteiger partial charge in [0.2, 0.25) is 0 Å². The molecule has 0 aliphatic heterocycles. The fraction of sp³-hybridized carbons (Fsp3) is 1.00. The first kappa shape index (κ1) is 14.5. The molecule has 0 fully saturated rings. The normalized spacial score (nSPS) is 11.7. The minimum atomic E-state index is -2.35. The Bertz CT molecular complexity index is 119. The Labute approximate surface area is 72.9 Å². The van der Waals surface area contributed by atoms with Crippen molar-refractivity contribution in [3.8, 4) is 0 Å². The van der Waals surface area contributed by atoms with E-state index in [1.54, 1.807) is 13.8 Å². The Balaban J connectivity index is 0. The molecule has 74 valence electrons. The summed E-state index contributed by atoms with van der Waals surface area (Å²) in [5.74, 6) is 0. The number of aliphatic hydroxyl groups excluding tert-OH is 2. The maximum absolute atomic E-state index is 9.29. The van der Waals surface area contributed by atoms with Gasteiger partial charge in [0.1, 0.15) is 0 Å². The first-order valence-electron chi connectivity index (χ1n) is 3.31. The highest BCUT2D eigenvalue weighted by molar-refractivity contribution is 7.32. The van der Waals surface area contributed by atoms with Crippen molar-refractivity contribution in [2.75, 3.05) is 20.3 Å². The molecule has 0 aliphatic carbocycles. The van der Waals surface area contributed by atoms with E-state index in [2.05, 4.69) is 4.52 Å². The van der Waals surface area contributed by atoms with Crippen molar-refractivity contribution in [2.45, 2.75) is 13.8 Å². The molecule has 0 saturated carbocycles. The minimum Gasteiger partial charge on any atom is -0.396 e. The van der Waals surface area contributed by atoms with Crippen LogP contribution in [0.25, 0.3) is 0 Å². The predicted molar refractivity (Wildman–Crippen MR) is 44.8 cm³/mol. The number of hydrogen-bond donors (Lipinski definition) is 3. The molecule has 6 heteroatoms. The Morgan fingerprint density at radius 2 is 1.58 bits per heavy atom. The molecule has 0 radical (unpaired) electrons. The van der Waals surface area contributed by atoms with E-state index in [1.165, 1.54) is 7.11 Å². The van der Waals surface area contributed by atoms with Crippen LogP contribution in [0.3, 0.4) is 0 Å². The van der Waals surface area contributed by atoms with Gasteiger partial charge in [-0.2, -0.15) is 0 Å². The lowest BCUT2D eigenvalue weighted by molar-refractivity contribution is 0.0857. The molecule has 0 saturated heterocycles. The van der Waals surface area contributed by atoms with Gasteiger partial charge in [-0.3, -0.25) is 0 Å². The van der Waals surface area contributed by atoms with Gasteiger partial charge in [0, 0.05) is 9.98 Å². The predicted octanol–water partition coefficient (Wildman–Crippen LogP) is 0.280. The first-order chi connectivity index (χ1) is 5.39. The van der Waals surface area contributed by atoms with Crippen molar-refractivity contribution in [2.24, 2.45) is 5.41 Å². The average molecular weight is 199 g/mol. The molecule has 12 heavy (non-hydrogen) atoms. The molecule has 0 aromatic heterocycles.